The molecule has 1 aromatic rings. The highest BCUT2D eigenvalue weighted by atomic mass is 32.2. The number of rotatable bonds is 7. The third kappa shape index (κ3) is 5.25. The summed E-state index contributed by atoms with van der Waals surface area (Å²) in [6.45, 7) is 3.12. The van der Waals surface area contributed by atoms with Crippen LogP contribution in [0, 0.1) is 0 Å². The summed E-state index contributed by atoms with van der Waals surface area (Å²) in [6.07, 6.45) is 0. The van der Waals surface area contributed by atoms with Crippen LogP contribution in [0.15, 0.2) is 29.2 Å². The fourth-order valence-electron chi connectivity index (χ4n) is 1.62. The van der Waals surface area contributed by atoms with Crippen LogP contribution in [0.3, 0.4) is 0 Å². The maximum atomic E-state index is 11.8. The van der Waals surface area contributed by atoms with E-state index in [2.05, 4.69) is 5.32 Å². The largest absolute Gasteiger partial charge is 0.395 e. The Bertz CT molecular complexity index is 542. The van der Waals surface area contributed by atoms with Gasteiger partial charge in [-0.25, -0.2) is 13.6 Å². The molecular formula is C12H19N3O4S. The Morgan fingerprint density at radius 1 is 1.35 bits per heavy atom. The minimum atomic E-state index is -3.73. The van der Waals surface area contributed by atoms with E-state index in [0.29, 0.717) is 18.8 Å². The summed E-state index contributed by atoms with van der Waals surface area (Å²) in [7, 11) is -3.73. The van der Waals surface area contributed by atoms with Crippen LogP contribution in [0.1, 0.15) is 6.92 Å². The fraction of sp³-hybridized carbons (Fsp3) is 0.417. The summed E-state index contributed by atoms with van der Waals surface area (Å²) in [5, 5.41) is 16.5. The normalized spacial score (nSPS) is 11.6. The highest BCUT2D eigenvalue weighted by molar-refractivity contribution is 7.89. The lowest BCUT2D eigenvalue weighted by Crippen LogP contribution is -2.35. The Hall–Kier alpha value is -1.48. The molecule has 0 heterocycles. The van der Waals surface area contributed by atoms with Gasteiger partial charge in [-0.05, 0) is 30.8 Å². The summed E-state index contributed by atoms with van der Waals surface area (Å²) in [5.74, 6) is -0.233. The zero-order valence-electron chi connectivity index (χ0n) is 11.2. The summed E-state index contributed by atoms with van der Waals surface area (Å²) >= 11 is 0. The molecule has 0 spiro atoms. The molecule has 0 saturated carbocycles. The Morgan fingerprint density at radius 2 is 1.95 bits per heavy atom. The lowest BCUT2D eigenvalue weighted by Gasteiger charge is -2.18. The van der Waals surface area contributed by atoms with Gasteiger partial charge in [0.2, 0.25) is 15.9 Å². The smallest absolute Gasteiger partial charge is 0.238 e. The van der Waals surface area contributed by atoms with Gasteiger partial charge in [0.15, 0.2) is 0 Å². The highest BCUT2D eigenvalue weighted by Crippen LogP contribution is 2.12. The predicted molar refractivity (Wildman–Crippen MR) is 75.6 cm³/mol. The first kappa shape index (κ1) is 16.6. The van der Waals surface area contributed by atoms with E-state index >= 15 is 0 Å². The van der Waals surface area contributed by atoms with Crippen LogP contribution in [-0.4, -0.2) is 50.6 Å². The molecule has 0 unspecified atom stereocenters. The molecule has 0 radical (unpaired) electrons. The van der Waals surface area contributed by atoms with E-state index in [1.54, 1.807) is 4.90 Å². The molecule has 112 valence electrons. The van der Waals surface area contributed by atoms with E-state index in [-0.39, 0.29) is 24.0 Å². The molecule has 0 atom stereocenters. The molecule has 1 aromatic carbocycles. The molecule has 1 amide bonds. The Kier molecular flexibility index (Phi) is 6.08. The van der Waals surface area contributed by atoms with Gasteiger partial charge < -0.3 is 10.4 Å². The lowest BCUT2D eigenvalue weighted by atomic mass is 10.3. The minimum absolute atomic E-state index is 0.00837. The summed E-state index contributed by atoms with van der Waals surface area (Å²) in [4.78, 5) is 13.5. The molecule has 0 fully saturated rings. The molecule has 0 aliphatic carbocycles. The maximum absolute atomic E-state index is 11.8. The average Bonchev–Trinajstić information content (AvgIpc) is 2.37. The summed E-state index contributed by atoms with van der Waals surface area (Å²) in [6, 6.07) is 5.60. The van der Waals surface area contributed by atoms with Crippen LogP contribution in [0.4, 0.5) is 5.69 Å². The number of nitrogens with zero attached hydrogens (tertiary/aromatic N) is 1. The van der Waals surface area contributed by atoms with Crippen molar-refractivity contribution in [3.8, 4) is 0 Å². The molecular weight excluding hydrogens is 282 g/mol. The van der Waals surface area contributed by atoms with E-state index in [4.69, 9.17) is 10.2 Å². The predicted octanol–water partition coefficient (Wildman–Crippen LogP) is -0.413. The number of aliphatic hydroxyl groups is 1. The number of aliphatic hydroxyl groups excluding tert-OH is 1. The number of anilines is 1. The monoisotopic (exact) mass is 301 g/mol. The van der Waals surface area contributed by atoms with Gasteiger partial charge in [0.25, 0.3) is 0 Å². The number of likely N-dealkylation sites (N-methyl/N-ethyl adjacent to an activating group) is 1. The van der Waals surface area contributed by atoms with Crippen LogP contribution in [0.5, 0.6) is 0 Å². The van der Waals surface area contributed by atoms with E-state index in [1.165, 1.54) is 24.3 Å². The van der Waals surface area contributed by atoms with Crippen molar-refractivity contribution in [3.05, 3.63) is 24.3 Å². The first-order chi connectivity index (χ1) is 9.36. The van der Waals surface area contributed by atoms with Crippen molar-refractivity contribution in [2.45, 2.75) is 11.8 Å². The molecule has 0 aliphatic rings. The van der Waals surface area contributed by atoms with Crippen molar-refractivity contribution in [3.63, 3.8) is 0 Å². The topological polar surface area (TPSA) is 113 Å². The molecule has 20 heavy (non-hydrogen) atoms. The molecule has 1 rings (SSSR count). The molecule has 0 bridgehead atoms. The third-order valence-corrected chi connectivity index (χ3v) is 3.63. The van der Waals surface area contributed by atoms with Gasteiger partial charge >= 0.3 is 0 Å². The van der Waals surface area contributed by atoms with Gasteiger partial charge in [0, 0.05) is 12.2 Å². The van der Waals surface area contributed by atoms with E-state index in [0.717, 1.165) is 0 Å². The van der Waals surface area contributed by atoms with Gasteiger partial charge in [-0.1, -0.05) is 6.92 Å². The molecule has 4 N–H and O–H groups in total. The summed E-state index contributed by atoms with van der Waals surface area (Å²) < 4.78 is 22.2. The van der Waals surface area contributed by atoms with Gasteiger partial charge in [-0.15, -0.1) is 0 Å². The number of nitrogens with one attached hydrogen (secondary N) is 1. The number of carbonyl (C=O) groups is 1. The number of hydrogen-bond acceptors (Lipinski definition) is 5. The van der Waals surface area contributed by atoms with Gasteiger partial charge in [0.1, 0.15) is 0 Å². The van der Waals surface area contributed by atoms with Gasteiger partial charge in [0.05, 0.1) is 18.0 Å². The third-order valence-electron chi connectivity index (χ3n) is 2.70. The molecule has 0 aliphatic heterocycles. The number of nitrogens with two attached hydrogens (primary N) is 1. The second-order valence-corrected chi connectivity index (χ2v) is 5.77. The number of benzene rings is 1. The van der Waals surface area contributed by atoms with Crippen molar-refractivity contribution >= 4 is 21.6 Å². The van der Waals surface area contributed by atoms with Crippen molar-refractivity contribution in [2.24, 2.45) is 5.14 Å². The number of amides is 1. The first-order valence-corrected chi connectivity index (χ1v) is 7.67. The molecule has 0 aromatic heterocycles. The van der Waals surface area contributed by atoms with Gasteiger partial charge in [-0.3, -0.25) is 9.69 Å². The Labute approximate surface area is 118 Å². The molecule has 8 heteroatoms. The van der Waals surface area contributed by atoms with Crippen LogP contribution in [-0.2, 0) is 14.8 Å². The highest BCUT2D eigenvalue weighted by Gasteiger charge is 2.10. The standard InChI is InChI=1S/C12H19N3O4S/c1-2-15(7-8-16)9-12(17)14-10-3-5-11(6-4-10)20(13,18)19/h3-6,16H,2,7-9H2,1H3,(H,14,17)(H2,13,18,19). The first-order valence-electron chi connectivity index (χ1n) is 6.12. The lowest BCUT2D eigenvalue weighted by molar-refractivity contribution is -0.117. The SMILES string of the molecule is CCN(CCO)CC(=O)Nc1ccc(S(N)(=O)=O)cc1. The van der Waals surface area contributed by atoms with Crippen LogP contribution >= 0.6 is 0 Å². The van der Waals surface area contributed by atoms with E-state index in [9.17, 15) is 13.2 Å². The summed E-state index contributed by atoms with van der Waals surface area (Å²) in [5.41, 5.74) is 0.488. The van der Waals surface area contributed by atoms with Crippen LogP contribution in [0.25, 0.3) is 0 Å². The maximum Gasteiger partial charge on any atom is 0.238 e. The number of primary sulfonamides is 1. The van der Waals surface area contributed by atoms with Crippen molar-refractivity contribution in [1.82, 2.24) is 4.90 Å². The van der Waals surface area contributed by atoms with Crippen molar-refractivity contribution in [2.75, 3.05) is 31.6 Å². The Balaban J connectivity index is 2.62. The second-order valence-electron chi connectivity index (χ2n) is 4.21. The molecule has 7 nitrogen and oxygen atoms in total. The zero-order valence-corrected chi connectivity index (χ0v) is 12.1. The van der Waals surface area contributed by atoms with Crippen molar-refractivity contribution < 1.29 is 18.3 Å². The van der Waals surface area contributed by atoms with Crippen LogP contribution in [0.2, 0.25) is 0 Å². The Morgan fingerprint density at radius 3 is 2.40 bits per heavy atom. The van der Waals surface area contributed by atoms with E-state index in [1.807, 2.05) is 6.92 Å². The molecule has 0 saturated heterocycles. The van der Waals surface area contributed by atoms with Crippen molar-refractivity contribution in [1.29, 1.82) is 0 Å². The number of sulfonamides is 1. The number of hydrogen-bond donors (Lipinski definition) is 3. The van der Waals surface area contributed by atoms with E-state index < -0.39 is 10.0 Å². The fourth-order valence-corrected chi connectivity index (χ4v) is 2.14. The van der Waals surface area contributed by atoms with Gasteiger partial charge in [-0.2, -0.15) is 0 Å². The average molecular weight is 301 g/mol. The minimum Gasteiger partial charge on any atom is -0.395 e. The number of carbonyl (C=O) groups excluding carboxylic acids is 1. The zero-order chi connectivity index (χ0) is 15.2. The quantitative estimate of drug-likeness (QED) is 0.633. The second kappa shape index (κ2) is 7.34. The van der Waals surface area contributed by atoms with Crippen LogP contribution < -0.4 is 10.5 Å².